The lowest BCUT2D eigenvalue weighted by Crippen LogP contribution is -2.50. The van der Waals surface area contributed by atoms with Crippen LogP contribution in [0.2, 0.25) is 0 Å². The third-order valence-corrected chi connectivity index (χ3v) is 7.29. The lowest BCUT2D eigenvalue weighted by atomic mass is 9.49. The predicted octanol–water partition coefficient (Wildman–Crippen LogP) is 3.19. The van der Waals surface area contributed by atoms with Crippen molar-refractivity contribution in [1.29, 1.82) is 0 Å². The van der Waals surface area contributed by atoms with Gasteiger partial charge in [-0.1, -0.05) is 18.9 Å². The second-order valence-corrected chi connectivity index (χ2v) is 8.40. The molecule has 4 aliphatic rings. The minimum atomic E-state index is -0.740. The van der Waals surface area contributed by atoms with Crippen LogP contribution in [-0.2, 0) is 19.1 Å². The summed E-state index contributed by atoms with van der Waals surface area (Å²) in [6.07, 6.45) is 5.00. The van der Waals surface area contributed by atoms with E-state index in [0.29, 0.717) is 36.8 Å². The second kappa shape index (κ2) is 5.29. The first-order valence-electron chi connectivity index (χ1n) is 9.19. The standard InChI is InChI=1S/C20H24O5/c1-19-8-3-9-20(2,18(23)24)15(19)7-5-12-14(19)6-4-11-13(16(12)21)10-25-17(11)22/h15H,3-10H2,1-2H3,(H,23,24)/t15-,19-,20+/m1/s1. The number of cyclic esters (lactones) is 1. The van der Waals surface area contributed by atoms with E-state index in [-0.39, 0.29) is 29.7 Å². The van der Waals surface area contributed by atoms with E-state index in [1.165, 1.54) is 0 Å². The molecule has 0 unspecified atom stereocenters. The number of carboxylic acid groups (broad SMARTS) is 1. The van der Waals surface area contributed by atoms with E-state index >= 15 is 0 Å². The molecule has 4 rings (SSSR count). The Morgan fingerprint density at radius 2 is 1.84 bits per heavy atom. The fourth-order valence-electron chi connectivity index (χ4n) is 5.92. The van der Waals surface area contributed by atoms with Gasteiger partial charge in [0.15, 0.2) is 5.78 Å². The summed E-state index contributed by atoms with van der Waals surface area (Å²) in [4.78, 5) is 37.0. The van der Waals surface area contributed by atoms with E-state index in [1.807, 2.05) is 6.92 Å². The fraction of sp³-hybridized carbons (Fsp3) is 0.650. The highest BCUT2D eigenvalue weighted by atomic mass is 16.5. The van der Waals surface area contributed by atoms with Crippen LogP contribution in [0.3, 0.4) is 0 Å². The third-order valence-electron chi connectivity index (χ3n) is 7.29. The van der Waals surface area contributed by atoms with Gasteiger partial charge < -0.3 is 9.84 Å². The molecule has 0 aromatic carbocycles. The Morgan fingerprint density at radius 1 is 1.08 bits per heavy atom. The Hall–Kier alpha value is -1.91. The molecule has 25 heavy (non-hydrogen) atoms. The second-order valence-electron chi connectivity index (χ2n) is 8.40. The van der Waals surface area contributed by atoms with E-state index in [4.69, 9.17) is 4.74 Å². The number of esters is 1. The van der Waals surface area contributed by atoms with Crippen molar-refractivity contribution >= 4 is 17.7 Å². The largest absolute Gasteiger partial charge is 0.481 e. The highest BCUT2D eigenvalue weighted by Crippen LogP contribution is 2.61. The Balaban J connectivity index is 1.79. The van der Waals surface area contributed by atoms with Gasteiger partial charge in [-0.3, -0.25) is 9.59 Å². The van der Waals surface area contributed by atoms with Crippen molar-refractivity contribution in [2.75, 3.05) is 6.61 Å². The first kappa shape index (κ1) is 16.6. The quantitative estimate of drug-likeness (QED) is 0.739. The summed E-state index contributed by atoms with van der Waals surface area (Å²) in [6.45, 7) is 4.11. The molecule has 0 bridgehead atoms. The summed E-state index contributed by atoms with van der Waals surface area (Å²) in [5, 5.41) is 9.87. The molecule has 134 valence electrons. The number of ether oxygens (including phenoxy) is 1. The average molecular weight is 344 g/mol. The highest BCUT2D eigenvalue weighted by molar-refractivity contribution is 6.15. The van der Waals surface area contributed by atoms with E-state index in [2.05, 4.69) is 6.92 Å². The minimum Gasteiger partial charge on any atom is -0.481 e. The van der Waals surface area contributed by atoms with Gasteiger partial charge in [-0.15, -0.1) is 0 Å². The molecule has 3 aliphatic carbocycles. The van der Waals surface area contributed by atoms with Crippen molar-refractivity contribution in [3.05, 3.63) is 22.3 Å². The lowest BCUT2D eigenvalue weighted by Gasteiger charge is -2.54. The SMILES string of the molecule is C[C@]1(C(=O)O)CCC[C@]2(C)C3=C(CC[C@@H]12)C(=O)C1=C(CC3)C(=O)OC1. The minimum absolute atomic E-state index is 0.0318. The zero-order chi connectivity index (χ0) is 18.0. The Labute approximate surface area is 147 Å². The van der Waals surface area contributed by atoms with Crippen LogP contribution in [0.15, 0.2) is 22.3 Å². The Morgan fingerprint density at radius 3 is 2.56 bits per heavy atom. The van der Waals surface area contributed by atoms with E-state index in [0.717, 1.165) is 30.4 Å². The summed E-state index contributed by atoms with van der Waals surface area (Å²) in [5.41, 5.74) is 2.01. The van der Waals surface area contributed by atoms with E-state index < -0.39 is 11.4 Å². The molecule has 0 aromatic rings. The van der Waals surface area contributed by atoms with Crippen molar-refractivity contribution in [1.82, 2.24) is 0 Å². The van der Waals surface area contributed by atoms with Crippen LogP contribution in [0.4, 0.5) is 0 Å². The fourth-order valence-corrected chi connectivity index (χ4v) is 5.92. The monoisotopic (exact) mass is 344 g/mol. The average Bonchev–Trinajstić information content (AvgIpc) is 2.85. The number of hydrogen-bond acceptors (Lipinski definition) is 4. The zero-order valence-corrected chi connectivity index (χ0v) is 14.8. The van der Waals surface area contributed by atoms with Gasteiger partial charge in [0.1, 0.15) is 6.61 Å². The van der Waals surface area contributed by atoms with Gasteiger partial charge in [-0.05, 0) is 62.4 Å². The molecular weight excluding hydrogens is 320 g/mol. The van der Waals surface area contributed by atoms with Crippen LogP contribution in [-0.4, -0.2) is 29.4 Å². The van der Waals surface area contributed by atoms with Gasteiger partial charge in [-0.2, -0.15) is 0 Å². The number of allylic oxidation sites excluding steroid dienone is 2. The summed E-state index contributed by atoms with van der Waals surface area (Å²) < 4.78 is 5.07. The molecule has 1 aliphatic heterocycles. The summed E-state index contributed by atoms with van der Waals surface area (Å²) in [7, 11) is 0. The number of carbonyl (C=O) groups is 3. The molecule has 0 amide bonds. The molecule has 3 atom stereocenters. The smallest absolute Gasteiger partial charge is 0.334 e. The molecular formula is C20H24O5. The summed E-state index contributed by atoms with van der Waals surface area (Å²) in [5.74, 6) is -1.08. The Kier molecular flexibility index (Phi) is 3.50. The molecule has 1 saturated carbocycles. The van der Waals surface area contributed by atoms with Crippen molar-refractivity contribution in [3.63, 3.8) is 0 Å². The van der Waals surface area contributed by atoms with Crippen molar-refractivity contribution in [2.45, 2.75) is 58.8 Å². The first-order chi connectivity index (χ1) is 11.8. The normalized spacial score (nSPS) is 37.9. The molecule has 0 spiro atoms. The van der Waals surface area contributed by atoms with Gasteiger partial charge >= 0.3 is 11.9 Å². The van der Waals surface area contributed by atoms with Crippen LogP contribution in [0, 0.1) is 16.7 Å². The molecule has 5 heteroatoms. The zero-order valence-electron chi connectivity index (χ0n) is 14.8. The summed E-state index contributed by atoms with van der Waals surface area (Å²) in [6, 6.07) is 0. The van der Waals surface area contributed by atoms with Gasteiger partial charge in [0.2, 0.25) is 0 Å². The van der Waals surface area contributed by atoms with Crippen molar-refractivity contribution < 1.29 is 24.2 Å². The number of fused-ring (bicyclic) bond motifs is 2. The summed E-state index contributed by atoms with van der Waals surface area (Å²) >= 11 is 0. The van der Waals surface area contributed by atoms with Gasteiger partial charge in [0, 0.05) is 11.1 Å². The molecule has 5 nitrogen and oxygen atoms in total. The lowest BCUT2D eigenvalue weighted by molar-refractivity contribution is -0.159. The van der Waals surface area contributed by atoms with E-state index in [1.54, 1.807) is 0 Å². The van der Waals surface area contributed by atoms with Gasteiger partial charge in [0.05, 0.1) is 5.41 Å². The molecule has 1 N–H and O–H groups in total. The van der Waals surface area contributed by atoms with Gasteiger partial charge in [-0.25, -0.2) is 4.79 Å². The maximum absolute atomic E-state index is 13.1. The van der Waals surface area contributed by atoms with Crippen LogP contribution >= 0.6 is 0 Å². The van der Waals surface area contributed by atoms with Crippen LogP contribution in [0.5, 0.6) is 0 Å². The number of carboxylic acids is 1. The first-order valence-corrected chi connectivity index (χ1v) is 9.19. The highest BCUT2D eigenvalue weighted by Gasteiger charge is 2.56. The number of Topliss-reactive ketones (excluding diaryl/α,β-unsaturated/α-hetero) is 1. The van der Waals surface area contributed by atoms with Crippen LogP contribution < -0.4 is 0 Å². The van der Waals surface area contributed by atoms with Gasteiger partial charge in [0.25, 0.3) is 0 Å². The van der Waals surface area contributed by atoms with Crippen LogP contribution in [0.25, 0.3) is 0 Å². The molecule has 0 saturated heterocycles. The number of rotatable bonds is 1. The topological polar surface area (TPSA) is 80.7 Å². The van der Waals surface area contributed by atoms with E-state index in [9.17, 15) is 19.5 Å². The van der Waals surface area contributed by atoms with Crippen molar-refractivity contribution in [2.24, 2.45) is 16.7 Å². The van der Waals surface area contributed by atoms with Crippen LogP contribution in [0.1, 0.15) is 58.8 Å². The molecule has 0 aromatic heterocycles. The number of carbonyl (C=O) groups excluding carboxylic acids is 2. The molecule has 0 radical (unpaired) electrons. The third kappa shape index (κ3) is 2.10. The predicted molar refractivity (Wildman–Crippen MR) is 89.7 cm³/mol. The molecule has 1 fully saturated rings. The molecule has 1 heterocycles. The maximum Gasteiger partial charge on any atom is 0.334 e. The number of hydrogen-bond donors (Lipinski definition) is 1. The number of ketones is 1. The Bertz CT molecular complexity index is 758. The number of aliphatic carboxylic acids is 1. The maximum atomic E-state index is 13.1. The van der Waals surface area contributed by atoms with Crippen molar-refractivity contribution in [3.8, 4) is 0 Å².